The lowest BCUT2D eigenvalue weighted by molar-refractivity contribution is 0.135. The molecule has 0 amide bonds. The molecule has 0 aromatic rings. The molecule has 3 atom stereocenters. The summed E-state index contributed by atoms with van der Waals surface area (Å²) >= 11 is 0. The third-order valence-corrected chi connectivity index (χ3v) is 3.18. The SMILES string of the molecule is C[C@@H]1C[C@H](N[C@@H](C)CO)CC(C)(C)C1. The third-order valence-electron chi connectivity index (χ3n) is 3.18. The first-order valence-corrected chi connectivity index (χ1v) is 5.80. The summed E-state index contributed by atoms with van der Waals surface area (Å²) in [5, 5.41) is 12.5. The zero-order valence-electron chi connectivity index (χ0n) is 10.0. The monoisotopic (exact) mass is 199 g/mol. The predicted molar refractivity (Wildman–Crippen MR) is 60.3 cm³/mol. The first kappa shape index (κ1) is 12.0. The maximum absolute atomic E-state index is 9.00. The average Bonchev–Trinajstić information content (AvgIpc) is 1.99. The molecule has 14 heavy (non-hydrogen) atoms. The fourth-order valence-electron chi connectivity index (χ4n) is 2.93. The molecule has 1 fully saturated rings. The van der Waals surface area contributed by atoms with Gasteiger partial charge in [0.1, 0.15) is 0 Å². The van der Waals surface area contributed by atoms with Crippen molar-refractivity contribution in [3.63, 3.8) is 0 Å². The van der Waals surface area contributed by atoms with E-state index in [1.54, 1.807) is 0 Å². The second-order valence-electron chi connectivity index (χ2n) is 5.86. The quantitative estimate of drug-likeness (QED) is 0.730. The Morgan fingerprint density at radius 2 is 2.07 bits per heavy atom. The molecule has 0 saturated heterocycles. The molecule has 0 heterocycles. The molecule has 0 aliphatic heterocycles. The summed E-state index contributed by atoms with van der Waals surface area (Å²) in [5.41, 5.74) is 0.463. The molecule has 0 aromatic carbocycles. The Morgan fingerprint density at radius 1 is 1.43 bits per heavy atom. The van der Waals surface area contributed by atoms with Crippen LogP contribution < -0.4 is 5.32 Å². The van der Waals surface area contributed by atoms with Crippen molar-refractivity contribution in [3.05, 3.63) is 0 Å². The van der Waals surface area contributed by atoms with Crippen molar-refractivity contribution >= 4 is 0 Å². The van der Waals surface area contributed by atoms with Crippen molar-refractivity contribution < 1.29 is 5.11 Å². The van der Waals surface area contributed by atoms with E-state index in [1.165, 1.54) is 19.3 Å². The van der Waals surface area contributed by atoms with Crippen LogP contribution in [0.4, 0.5) is 0 Å². The molecule has 0 bridgehead atoms. The normalized spacial score (nSPS) is 34.1. The molecule has 0 spiro atoms. The molecule has 0 unspecified atom stereocenters. The lowest BCUT2D eigenvalue weighted by atomic mass is 9.70. The van der Waals surface area contributed by atoms with Crippen molar-refractivity contribution in [2.75, 3.05) is 6.61 Å². The maximum atomic E-state index is 9.00. The summed E-state index contributed by atoms with van der Waals surface area (Å²) in [4.78, 5) is 0. The van der Waals surface area contributed by atoms with E-state index in [4.69, 9.17) is 5.11 Å². The van der Waals surface area contributed by atoms with Crippen LogP contribution in [0.25, 0.3) is 0 Å². The van der Waals surface area contributed by atoms with Gasteiger partial charge in [0.05, 0.1) is 6.61 Å². The van der Waals surface area contributed by atoms with E-state index < -0.39 is 0 Å². The maximum Gasteiger partial charge on any atom is 0.0582 e. The summed E-state index contributed by atoms with van der Waals surface area (Å²) < 4.78 is 0. The van der Waals surface area contributed by atoms with Crippen molar-refractivity contribution in [1.82, 2.24) is 5.32 Å². The van der Waals surface area contributed by atoms with E-state index in [9.17, 15) is 0 Å². The van der Waals surface area contributed by atoms with Crippen molar-refractivity contribution in [1.29, 1.82) is 0 Å². The number of nitrogens with one attached hydrogen (secondary N) is 1. The zero-order chi connectivity index (χ0) is 10.8. The van der Waals surface area contributed by atoms with Gasteiger partial charge >= 0.3 is 0 Å². The number of hydrogen-bond acceptors (Lipinski definition) is 2. The van der Waals surface area contributed by atoms with E-state index >= 15 is 0 Å². The number of aliphatic hydroxyl groups is 1. The van der Waals surface area contributed by atoms with Gasteiger partial charge in [-0.15, -0.1) is 0 Å². The molecule has 2 nitrogen and oxygen atoms in total. The molecule has 1 rings (SSSR count). The Morgan fingerprint density at radius 3 is 2.57 bits per heavy atom. The second kappa shape index (κ2) is 4.63. The van der Waals surface area contributed by atoms with Crippen LogP contribution in [-0.4, -0.2) is 23.8 Å². The molecule has 1 aliphatic carbocycles. The third kappa shape index (κ3) is 3.58. The van der Waals surface area contributed by atoms with E-state index in [-0.39, 0.29) is 12.6 Å². The lowest BCUT2D eigenvalue weighted by Crippen LogP contribution is -2.45. The highest BCUT2D eigenvalue weighted by Crippen LogP contribution is 2.38. The molecular formula is C12H25NO. The van der Waals surface area contributed by atoms with Gasteiger partial charge in [0.15, 0.2) is 0 Å². The molecular weight excluding hydrogens is 174 g/mol. The van der Waals surface area contributed by atoms with Gasteiger partial charge in [-0.3, -0.25) is 0 Å². The van der Waals surface area contributed by atoms with Gasteiger partial charge in [-0.1, -0.05) is 20.8 Å². The fraction of sp³-hybridized carbons (Fsp3) is 1.00. The summed E-state index contributed by atoms with van der Waals surface area (Å²) in [6.45, 7) is 9.32. The van der Waals surface area contributed by atoms with Gasteiger partial charge in [0.2, 0.25) is 0 Å². The Balaban J connectivity index is 2.45. The standard InChI is InChI=1S/C12H25NO/c1-9-5-11(13-10(2)8-14)7-12(3,4)6-9/h9-11,13-14H,5-8H2,1-4H3/t9-,10+,11+/m1/s1. The van der Waals surface area contributed by atoms with E-state index in [1.807, 2.05) is 6.92 Å². The van der Waals surface area contributed by atoms with Gasteiger partial charge < -0.3 is 10.4 Å². The molecule has 0 aromatic heterocycles. The number of aliphatic hydroxyl groups excluding tert-OH is 1. The molecule has 1 aliphatic rings. The largest absolute Gasteiger partial charge is 0.395 e. The Labute approximate surface area is 88.1 Å². The predicted octanol–water partition coefficient (Wildman–Crippen LogP) is 2.17. The van der Waals surface area contributed by atoms with Crippen LogP contribution >= 0.6 is 0 Å². The molecule has 0 radical (unpaired) electrons. The van der Waals surface area contributed by atoms with Crippen LogP contribution in [0.2, 0.25) is 0 Å². The summed E-state index contributed by atoms with van der Waals surface area (Å²) in [7, 11) is 0. The summed E-state index contributed by atoms with van der Waals surface area (Å²) in [6.07, 6.45) is 3.83. The number of rotatable bonds is 3. The highest BCUT2D eigenvalue weighted by Gasteiger charge is 2.32. The van der Waals surface area contributed by atoms with Crippen molar-refractivity contribution in [2.24, 2.45) is 11.3 Å². The van der Waals surface area contributed by atoms with E-state index in [0.29, 0.717) is 11.5 Å². The molecule has 2 N–H and O–H groups in total. The highest BCUT2D eigenvalue weighted by atomic mass is 16.3. The Bertz CT molecular complexity index is 179. The van der Waals surface area contributed by atoms with Gasteiger partial charge in [0, 0.05) is 12.1 Å². The fourth-order valence-corrected chi connectivity index (χ4v) is 2.93. The van der Waals surface area contributed by atoms with Gasteiger partial charge in [-0.25, -0.2) is 0 Å². The number of hydrogen-bond donors (Lipinski definition) is 2. The molecule has 1 saturated carbocycles. The first-order chi connectivity index (χ1) is 6.43. The van der Waals surface area contributed by atoms with E-state index in [0.717, 1.165) is 5.92 Å². The highest BCUT2D eigenvalue weighted by molar-refractivity contribution is 4.87. The zero-order valence-corrected chi connectivity index (χ0v) is 10.0. The second-order valence-corrected chi connectivity index (χ2v) is 5.86. The lowest BCUT2D eigenvalue weighted by Gasteiger charge is -2.40. The van der Waals surface area contributed by atoms with Gasteiger partial charge in [-0.2, -0.15) is 0 Å². The minimum absolute atomic E-state index is 0.237. The van der Waals surface area contributed by atoms with Crippen LogP contribution in [-0.2, 0) is 0 Å². The van der Waals surface area contributed by atoms with Crippen molar-refractivity contribution in [2.45, 2.75) is 59.0 Å². The minimum atomic E-state index is 0.237. The average molecular weight is 199 g/mol. The molecule has 84 valence electrons. The summed E-state index contributed by atoms with van der Waals surface area (Å²) in [6, 6.07) is 0.831. The topological polar surface area (TPSA) is 32.3 Å². The van der Waals surface area contributed by atoms with Crippen LogP contribution in [0.1, 0.15) is 47.0 Å². The Kier molecular flexibility index (Phi) is 3.96. The van der Waals surface area contributed by atoms with Gasteiger partial charge in [0.25, 0.3) is 0 Å². The Hall–Kier alpha value is -0.0800. The van der Waals surface area contributed by atoms with Crippen LogP contribution in [0.15, 0.2) is 0 Å². The van der Waals surface area contributed by atoms with Crippen molar-refractivity contribution in [3.8, 4) is 0 Å². The minimum Gasteiger partial charge on any atom is -0.395 e. The van der Waals surface area contributed by atoms with Crippen LogP contribution in [0.3, 0.4) is 0 Å². The van der Waals surface area contributed by atoms with Crippen LogP contribution in [0.5, 0.6) is 0 Å². The van der Waals surface area contributed by atoms with Crippen LogP contribution in [0, 0.1) is 11.3 Å². The molecule has 2 heteroatoms. The first-order valence-electron chi connectivity index (χ1n) is 5.80. The summed E-state index contributed by atoms with van der Waals surface area (Å²) in [5.74, 6) is 0.808. The smallest absolute Gasteiger partial charge is 0.0582 e. The van der Waals surface area contributed by atoms with Gasteiger partial charge in [-0.05, 0) is 37.5 Å². The van der Waals surface area contributed by atoms with E-state index in [2.05, 4.69) is 26.1 Å².